The molecule has 2 rings (SSSR count). The lowest BCUT2D eigenvalue weighted by atomic mass is 10.0. The average Bonchev–Trinajstić information content (AvgIpc) is 2.75. The van der Waals surface area contributed by atoms with Crippen LogP contribution in [0.1, 0.15) is 20.8 Å². The van der Waals surface area contributed by atoms with Crippen LogP contribution in [0, 0.1) is 0 Å². The minimum atomic E-state index is -0.784. The van der Waals surface area contributed by atoms with Gasteiger partial charge in [-0.15, -0.1) is 0 Å². The molecule has 0 saturated carbocycles. The van der Waals surface area contributed by atoms with Gasteiger partial charge in [-0.3, -0.25) is 4.90 Å². The summed E-state index contributed by atoms with van der Waals surface area (Å²) in [6.07, 6.45) is 0. The van der Waals surface area contributed by atoms with E-state index in [1.807, 2.05) is 31.2 Å². The molecular formula is C14H21N3O2. The van der Waals surface area contributed by atoms with Crippen LogP contribution >= 0.6 is 0 Å². The van der Waals surface area contributed by atoms with Gasteiger partial charge in [0, 0.05) is 24.5 Å². The number of rotatable bonds is 4. The van der Waals surface area contributed by atoms with Crippen molar-refractivity contribution in [2.75, 3.05) is 23.3 Å². The fraction of sp³-hybridized carbons (Fsp3) is 0.500. The van der Waals surface area contributed by atoms with Gasteiger partial charge < -0.3 is 15.7 Å². The monoisotopic (exact) mass is 263 g/mol. The maximum absolute atomic E-state index is 11.5. The van der Waals surface area contributed by atoms with Gasteiger partial charge in [0.05, 0.1) is 11.6 Å². The summed E-state index contributed by atoms with van der Waals surface area (Å²) in [5.41, 5.74) is 1.03. The van der Waals surface area contributed by atoms with E-state index in [4.69, 9.17) is 0 Å². The molecule has 1 saturated heterocycles. The molecule has 0 bridgehead atoms. The Kier molecular flexibility index (Phi) is 3.66. The molecule has 0 radical (unpaired) electrons. The van der Waals surface area contributed by atoms with Crippen LogP contribution in [0.4, 0.5) is 16.2 Å². The van der Waals surface area contributed by atoms with Gasteiger partial charge in [-0.1, -0.05) is 0 Å². The molecule has 3 N–H and O–H groups in total. The van der Waals surface area contributed by atoms with E-state index in [1.165, 1.54) is 0 Å². The predicted octanol–water partition coefficient (Wildman–Crippen LogP) is 1.79. The van der Waals surface area contributed by atoms with Gasteiger partial charge in [-0.25, -0.2) is 4.79 Å². The molecule has 1 unspecified atom stereocenters. The minimum absolute atomic E-state index is 0.0504. The van der Waals surface area contributed by atoms with Gasteiger partial charge in [-0.2, -0.15) is 0 Å². The van der Waals surface area contributed by atoms with Gasteiger partial charge >= 0.3 is 6.03 Å². The van der Waals surface area contributed by atoms with Gasteiger partial charge in [0.25, 0.3) is 0 Å². The highest BCUT2D eigenvalue weighted by Gasteiger charge is 2.23. The number of amides is 2. The molecule has 5 heteroatoms. The Bertz CT molecular complexity index is 451. The fourth-order valence-electron chi connectivity index (χ4n) is 1.88. The van der Waals surface area contributed by atoms with Crippen LogP contribution in [0.25, 0.3) is 0 Å². The zero-order valence-electron chi connectivity index (χ0n) is 11.6. The van der Waals surface area contributed by atoms with E-state index in [0.717, 1.165) is 11.4 Å². The normalized spacial score (nSPS) is 17.3. The number of nitrogens with one attached hydrogen (secondary N) is 2. The average molecular weight is 263 g/mol. The molecule has 0 spiro atoms. The number of nitrogens with zero attached hydrogens (tertiary/aromatic N) is 1. The lowest BCUT2D eigenvalue weighted by molar-refractivity contribution is 0.0649. The largest absolute Gasteiger partial charge is 0.388 e. The number of aliphatic hydroxyl groups is 1. The number of urea groups is 1. The van der Waals surface area contributed by atoms with E-state index in [0.29, 0.717) is 13.1 Å². The maximum Gasteiger partial charge on any atom is 0.321 e. The summed E-state index contributed by atoms with van der Waals surface area (Å²) in [5.74, 6) is 0. The van der Waals surface area contributed by atoms with Crippen molar-refractivity contribution in [1.82, 2.24) is 5.32 Å². The molecular weight excluding hydrogens is 242 g/mol. The first-order valence-corrected chi connectivity index (χ1v) is 6.52. The van der Waals surface area contributed by atoms with Crippen LogP contribution in [0.3, 0.4) is 0 Å². The second-order valence-electron chi connectivity index (χ2n) is 5.45. The SMILES string of the molecule is CC(Nc1ccc(N2CCNC2=O)cc1)C(C)(C)O. The summed E-state index contributed by atoms with van der Waals surface area (Å²) >= 11 is 0. The number of benzene rings is 1. The van der Waals surface area contributed by atoms with Crippen LogP contribution in [-0.2, 0) is 0 Å². The number of carbonyl (C=O) groups is 1. The molecule has 1 aliphatic rings. The Balaban J connectivity index is 2.04. The molecule has 1 aromatic carbocycles. The quantitative estimate of drug-likeness (QED) is 0.776. The molecule has 1 heterocycles. The van der Waals surface area contributed by atoms with Crippen molar-refractivity contribution >= 4 is 17.4 Å². The third kappa shape index (κ3) is 3.17. The molecule has 1 fully saturated rings. The minimum Gasteiger partial charge on any atom is -0.388 e. The maximum atomic E-state index is 11.5. The van der Waals surface area contributed by atoms with Crippen molar-refractivity contribution in [2.45, 2.75) is 32.4 Å². The standard InChI is InChI=1S/C14H21N3O2/c1-10(14(2,3)19)16-11-4-6-12(7-5-11)17-9-8-15-13(17)18/h4-7,10,16,19H,8-9H2,1-3H3,(H,15,18). The Morgan fingerprint density at radius 2 is 2.00 bits per heavy atom. The first-order chi connectivity index (χ1) is 8.88. The summed E-state index contributed by atoms with van der Waals surface area (Å²) in [7, 11) is 0. The summed E-state index contributed by atoms with van der Waals surface area (Å²) in [4.78, 5) is 13.2. The van der Waals surface area contributed by atoms with E-state index >= 15 is 0 Å². The highest BCUT2D eigenvalue weighted by molar-refractivity contribution is 5.94. The van der Waals surface area contributed by atoms with Gasteiger partial charge in [0.2, 0.25) is 0 Å². The van der Waals surface area contributed by atoms with Gasteiger partial charge in [0.15, 0.2) is 0 Å². The van der Waals surface area contributed by atoms with Crippen LogP contribution in [0.5, 0.6) is 0 Å². The Labute approximate surface area is 113 Å². The van der Waals surface area contributed by atoms with Crippen molar-refractivity contribution in [3.63, 3.8) is 0 Å². The van der Waals surface area contributed by atoms with E-state index in [2.05, 4.69) is 10.6 Å². The Morgan fingerprint density at radius 3 is 2.47 bits per heavy atom. The van der Waals surface area contributed by atoms with Crippen molar-refractivity contribution < 1.29 is 9.90 Å². The van der Waals surface area contributed by atoms with Crippen molar-refractivity contribution in [2.24, 2.45) is 0 Å². The second kappa shape index (κ2) is 5.09. The summed E-state index contributed by atoms with van der Waals surface area (Å²) in [5, 5.41) is 15.9. The summed E-state index contributed by atoms with van der Waals surface area (Å²) in [6.45, 7) is 6.86. The van der Waals surface area contributed by atoms with Crippen molar-refractivity contribution in [3.05, 3.63) is 24.3 Å². The van der Waals surface area contributed by atoms with Crippen LogP contribution in [0.15, 0.2) is 24.3 Å². The summed E-state index contributed by atoms with van der Waals surface area (Å²) < 4.78 is 0. The summed E-state index contributed by atoms with van der Waals surface area (Å²) in [6, 6.07) is 7.54. The first kappa shape index (κ1) is 13.7. The topological polar surface area (TPSA) is 64.6 Å². The molecule has 0 aromatic heterocycles. The second-order valence-corrected chi connectivity index (χ2v) is 5.45. The zero-order chi connectivity index (χ0) is 14.0. The van der Waals surface area contributed by atoms with Crippen LogP contribution in [0.2, 0.25) is 0 Å². The highest BCUT2D eigenvalue weighted by Crippen LogP contribution is 2.21. The highest BCUT2D eigenvalue weighted by atomic mass is 16.3. The van der Waals surface area contributed by atoms with E-state index in [-0.39, 0.29) is 12.1 Å². The number of hydrogen-bond acceptors (Lipinski definition) is 3. The van der Waals surface area contributed by atoms with Crippen molar-refractivity contribution in [3.8, 4) is 0 Å². The molecule has 1 aromatic rings. The number of hydrogen-bond donors (Lipinski definition) is 3. The lowest BCUT2D eigenvalue weighted by Gasteiger charge is -2.27. The number of carbonyl (C=O) groups excluding carboxylic acids is 1. The Hall–Kier alpha value is -1.75. The van der Waals surface area contributed by atoms with Crippen LogP contribution < -0.4 is 15.5 Å². The molecule has 104 valence electrons. The lowest BCUT2D eigenvalue weighted by Crippen LogP contribution is -2.39. The molecule has 0 aliphatic carbocycles. The zero-order valence-corrected chi connectivity index (χ0v) is 11.6. The smallest absolute Gasteiger partial charge is 0.321 e. The third-order valence-corrected chi connectivity index (χ3v) is 3.48. The molecule has 1 atom stereocenters. The van der Waals surface area contributed by atoms with Gasteiger partial charge in [-0.05, 0) is 45.0 Å². The molecule has 2 amide bonds. The third-order valence-electron chi connectivity index (χ3n) is 3.48. The van der Waals surface area contributed by atoms with Gasteiger partial charge in [0.1, 0.15) is 0 Å². The van der Waals surface area contributed by atoms with E-state index in [9.17, 15) is 9.90 Å². The van der Waals surface area contributed by atoms with Crippen LogP contribution in [-0.4, -0.2) is 35.9 Å². The Morgan fingerprint density at radius 1 is 1.37 bits per heavy atom. The predicted molar refractivity (Wildman–Crippen MR) is 76.6 cm³/mol. The van der Waals surface area contributed by atoms with E-state index in [1.54, 1.807) is 18.7 Å². The molecule has 1 aliphatic heterocycles. The number of anilines is 2. The molecule has 5 nitrogen and oxygen atoms in total. The van der Waals surface area contributed by atoms with Crippen molar-refractivity contribution in [1.29, 1.82) is 0 Å². The van der Waals surface area contributed by atoms with E-state index < -0.39 is 5.60 Å². The first-order valence-electron chi connectivity index (χ1n) is 6.52. The fourth-order valence-corrected chi connectivity index (χ4v) is 1.88. The molecule has 19 heavy (non-hydrogen) atoms.